The third-order valence-corrected chi connectivity index (χ3v) is 8.50. The quantitative estimate of drug-likeness (QED) is 0.132. The highest BCUT2D eigenvalue weighted by Crippen LogP contribution is 2.45. The highest BCUT2D eigenvalue weighted by molar-refractivity contribution is 6.34. The summed E-state index contributed by atoms with van der Waals surface area (Å²) in [5, 5.41) is 1.01. The Morgan fingerprint density at radius 2 is 1.77 bits per heavy atom. The van der Waals surface area contributed by atoms with E-state index in [0.29, 0.717) is 61.5 Å². The van der Waals surface area contributed by atoms with E-state index < -0.39 is 11.8 Å². The average molecular weight is 618 g/mol. The van der Waals surface area contributed by atoms with E-state index in [9.17, 15) is 14.0 Å². The van der Waals surface area contributed by atoms with E-state index in [2.05, 4.69) is 9.97 Å². The molecule has 4 aromatic carbocycles. The van der Waals surface area contributed by atoms with Crippen molar-refractivity contribution < 1.29 is 23.5 Å². The van der Waals surface area contributed by atoms with Crippen LogP contribution in [-0.4, -0.2) is 35.9 Å². The second-order valence-electron chi connectivity index (χ2n) is 10.6. The molecule has 1 N–H and O–H groups in total. The van der Waals surface area contributed by atoms with E-state index in [1.807, 2.05) is 24.3 Å². The summed E-state index contributed by atoms with van der Waals surface area (Å²) in [5.41, 5.74) is 4.23. The number of nitrogens with one attached hydrogen (secondary N) is 1. The van der Waals surface area contributed by atoms with Gasteiger partial charge in [0.1, 0.15) is 5.82 Å². The number of halogens is 3. The summed E-state index contributed by atoms with van der Waals surface area (Å²) in [6.45, 7) is 0. The summed E-state index contributed by atoms with van der Waals surface area (Å²) < 4.78 is 24.6. The molecule has 0 aliphatic heterocycles. The molecule has 0 spiro atoms. The zero-order valence-electron chi connectivity index (χ0n) is 23.4. The number of carbonyl (C=O) groups is 2. The predicted molar refractivity (Wildman–Crippen MR) is 166 cm³/mol. The molecule has 0 amide bonds. The molecule has 1 unspecified atom stereocenters. The van der Waals surface area contributed by atoms with Crippen LogP contribution in [0, 0.1) is 11.7 Å². The van der Waals surface area contributed by atoms with Crippen molar-refractivity contribution in [2.45, 2.75) is 25.2 Å². The summed E-state index contributed by atoms with van der Waals surface area (Å²) in [6.07, 6.45) is 2.45. The molecular formula is C34H27Cl2FN2O4. The zero-order valence-corrected chi connectivity index (χ0v) is 24.9. The SMILES string of the molecule is COC(=O)c1cc(C(=O)CC(c2ccc(Cl)cc2)C2CC2)ccc1-c1c(Cl)cccc1-c1nc2cc(OC)c(F)cc2[nH]1. The number of hydrogen-bond acceptors (Lipinski definition) is 5. The van der Waals surface area contributed by atoms with Crippen molar-refractivity contribution >= 4 is 46.0 Å². The Hall–Kier alpha value is -4.20. The molecule has 0 bridgehead atoms. The molecular weight excluding hydrogens is 590 g/mol. The molecule has 6 nitrogen and oxygen atoms in total. The first-order valence-electron chi connectivity index (χ1n) is 13.8. The van der Waals surface area contributed by atoms with Gasteiger partial charge in [-0.15, -0.1) is 0 Å². The Balaban J connectivity index is 1.40. The zero-order chi connectivity index (χ0) is 30.2. The number of fused-ring (bicyclic) bond motifs is 1. The van der Waals surface area contributed by atoms with Crippen molar-refractivity contribution in [3.05, 3.63) is 105 Å². The first-order valence-corrected chi connectivity index (χ1v) is 14.6. The molecule has 1 fully saturated rings. The number of H-pyrrole nitrogens is 1. The summed E-state index contributed by atoms with van der Waals surface area (Å²) in [7, 11) is 2.68. The number of carbonyl (C=O) groups excluding carboxylic acids is 2. The lowest BCUT2D eigenvalue weighted by molar-refractivity contribution is 0.0601. The van der Waals surface area contributed by atoms with E-state index in [1.54, 1.807) is 36.4 Å². The largest absolute Gasteiger partial charge is 0.494 e. The fourth-order valence-electron chi connectivity index (χ4n) is 5.59. The van der Waals surface area contributed by atoms with Crippen LogP contribution in [0.25, 0.3) is 33.5 Å². The Morgan fingerprint density at radius 3 is 2.47 bits per heavy atom. The summed E-state index contributed by atoms with van der Waals surface area (Å²) in [4.78, 5) is 34.5. The molecule has 5 aromatic rings. The summed E-state index contributed by atoms with van der Waals surface area (Å²) >= 11 is 12.8. The summed E-state index contributed by atoms with van der Waals surface area (Å²) in [6, 6.07) is 20.7. The average Bonchev–Trinajstić information content (AvgIpc) is 3.78. The van der Waals surface area contributed by atoms with Crippen molar-refractivity contribution in [3.8, 4) is 28.3 Å². The van der Waals surface area contributed by atoms with Crippen LogP contribution in [-0.2, 0) is 4.74 Å². The Morgan fingerprint density at radius 1 is 1.00 bits per heavy atom. The second-order valence-corrected chi connectivity index (χ2v) is 11.5. The minimum absolute atomic E-state index is 0.0673. The van der Waals surface area contributed by atoms with E-state index in [-0.39, 0.29) is 23.0 Å². The van der Waals surface area contributed by atoms with Crippen LogP contribution in [0.5, 0.6) is 5.75 Å². The highest BCUT2D eigenvalue weighted by atomic mass is 35.5. The van der Waals surface area contributed by atoms with Gasteiger partial charge in [-0.3, -0.25) is 4.79 Å². The van der Waals surface area contributed by atoms with Gasteiger partial charge in [0.05, 0.1) is 30.8 Å². The third-order valence-electron chi connectivity index (χ3n) is 7.93. The van der Waals surface area contributed by atoms with Crippen molar-refractivity contribution in [1.29, 1.82) is 0 Å². The Labute approximate surface area is 257 Å². The molecule has 218 valence electrons. The van der Waals surface area contributed by atoms with Crippen LogP contribution in [0.15, 0.2) is 72.8 Å². The van der Waals surface area contributed by atoms with E-state index in [4.69, 9.17) is 32.7 Å². The van der Waals surface area contributed by atoms with E-state index >= 15 is 0 Å². The van der Waals surface area contributed by atoms with Crippen LogP contribution in [0.4, 0.5) is 4.39 Å². The van der Waals surface area contributed by atoms with Crippen LogP contribution < -0.4 is 4.74 Å². The smallest absolute Gasteiger partial charge is 0.338 e. The number of imidazole rings is 1. The molecule has 1 aliphatic rings. The van der Waals surface area contributed by atoms with Gasteiger partial charge in [-0.05, 0) is 60.1 Å². The minimum atomic E-state index is -0.608. The van der Waals surface area contributed by atoms with Gasteiger partial charge in [0, 0.05) is 45.3 Å². The maximum atomic E-state index is 14.4. The highest BCUT2D eigenvalue weighted by Gasteiger charge is 2.34. The number of hydrogen-bond donors (Lipinski definition) is 1. The number of nitrogens with zero attached hydrogens (tertiary/aromatic N) is 1. The fourth-order valence-corrected chi connectivity index (χ4v) is 5.99. The number of ether oxygens (including phenoxy) is 2. The lowest BCUT2D eigenvalue weighted by Gasteiger charge is -2.18. The second kappa shape index (κ2) is 11.8. The standard InChI is InChI=1S/C34H27Cl2FN2O4/c1-42-31-17-29-28(16-27(31)37)38-33(39-29)23-4-3-5-26(36)32(23)22-13-10-20(14-25(22)34(41)43-2)30(40)15-24(18-6-7-18)19-8-11-21(35)12-9-19/h3-5,8-14,16-18,24H,6-7,15H2,1-2H3,(H,38,39). The van der Waals surface area contributed by atoms with Crippen LogP contribution in [0.1, 0.15) is 51.5 Å². The molecule has 1 atom stereocenters. The van der Waals surface area contributed by atoms with Crippen molar-refractivity contribution in [1.82, 2.24) is 9.97 Å². The lowest BCUT2D eigenvalue weighted by atomic mass is 9.86. The number of aromatic nitrogens is 2. The van der Waals surface area contributed by atoms with Gasteiger partial charge in [0.15, 0.2) is 17.3 Å². The number of aromatic amines is 1. The first kappa shape index (κ1) is 28.9. The monoisotopic (exact) mass is 616 g/mol. The number of ketones is 1. The van der Waals surface area contributed by atoms with Crippen LogP contribution in [0.2, 0.25) is 10.0 Å². The number of Topliss-reactive ketones (excluding diaryl/α,β-unsaturated/α-hetero) is 1. The van der Waals surface area contributed by atoms with Gasteiger partial charge in [-0.2, -0.15) is 0 Å². The van der Waals surface area contributed by atoms with Gasteiger partial charge in [0.25, 0.3) is 0 Å². The number of benzene rings is 4. The van der Waals surface area contributed by atoms with Gasteiger partial charge < -0.3 is 14.5 Å². The fraction of sp³-hybridized carbons (Fsp3) is 0.206. The normalized spacial score (nSPS) is 13.6. The van der Waals surface area contributed by atoms with Crippen molar-refractivity contribution in [2.75, 3.05) is 14.2 Å². The Kier molecular flexibility index (Phi) is 7.95. The molecule has 1 aromatic heterocycles. The first-order chi connectivity index (χ1) is 20.8. The molecule has 0 saturated heterocycles. The number of methoxy groups -OCH3 is 2. The number of esters is 1. The maximum absolute atomic E-state index is 14.4. The topological polar surface area (TPSA) is 81.3 Å². The summed E-state index contributed by atoms with van der Waals surface area (Å²) in [5.74, 6) is -0.203. The molecule has 1 heterocycles. The van der Waals surface area contributed by atoms with Crippen LogP contribution >= 0.6 is 23.2 Å². The molecule has 1 aliphatic carbocycles. The predicted octanol–water partition coefficient (Wildman–Crippen LogP) is 8.90. The van der Waals surface area contributed by atoms with Crippen LogP contribution in [0.3, 0.4) is 0 Å². The van der Waals surface area contributed by atoms with Gasteiger partial charge in [-0.25, -0.2) is 14.2 Å². The van der Waals surface area contributed by atoms with Gasteiger partial charge in [-0.1, -0.05) is 59.6 Å². The van der Waals surface area contributed by atoms with Gasteiger partial charge >= 0.3 is 5.97 Å². The third kappa shape index (κ3) is 5.75. The maximum Gasteiger partial charge on any atom is 0.338 e. The molecule has 43 heavy (non-hydrogen) atoms. The van der Waals surface area contributed by atoms with Crippen molar-refractivity contribution in [2.24, 2.45) is 5.92 Å². The lowest BCUT2D eigenvalue weighted by Crippen LogP contribution is -2.12. The molecule has 6 rings (SSSR count). The molecule has 9 heteroatoms. The van der Waals surface area contributed by atoms with E-state index in [0.717, 1.165) is 18.4 Å². The number of rotatable bonds is 9. The minimum Gasteiger partial charge on any atom is -0.494 e. The van der Waals surface area contributed by atoms with E-state index in [1.165, 1.54) is 26.4 Å². The Bertz CT molecular complexity index is 1870. The van der Waals surface area contributed by atoms with Gasteiger partial charge in [0.2, 0.25) is 0 Å². The van der Waals surface area contributed by atoms with Crippen molar-refractivity contribution in [3.63, 3.8) is 0 Å². The molecule has 0 radical (unpaired) electrons. The molecule has 1 saturated carbocycles.